The van der Waals surface area contributed by atoms with E-state index in [1.54, 1.807) is 6.07 Å². The van der Waals surface area contributed by atoms with E-state index in [9.17, 15) is 22.4 Å². The van der Waals surface area contributed by atoms with Crippen LogP contribution in [0.4, 0.5) is 23.2 Å². The lowest BCUT2D eigenvalue weighted by atomic mass is 10.0. The fraction of sp³-hybridized carbons (Fsp3) is 0.318. The molecule has 4 nitrogen and oxygen atoms in total. The van der Waals surface area contributed by atoms with Gasteiger partial charge in [0.1, 0.15) is 11.6 Å². The number of rotatable bonds is 3. The third kappa shape index (κ3) is 3.79. The number of halogens is 4. The van der Waals surface area contributed by atoms with Gasteiger partial charge in [-0.1, -0.05) is 0 Å². The summed E-state index contributed by atoms with van der Waals surface area (Å²) in [6.45, 7) is 2.53. The maximum absolute atomic E-state index is 14.1. The number of Topliss-reactive ketones (excluding diaryl/α,β-unsaturated/α-hetero) is 1. The minimum Gasteiger partial charge on any atom is -0.495 e. The molecule has 1 heterocycles. The molecule has 0 unspecified atom stereocenters. The van der Waals surface area contributed by atoms with Gasteiger partial charge < -0.3 is 14.4 Å². The number of ether oxygens (including phenoxy) is 2. The Kier molecular flexibility index (Phi) is 5.27. The number of alkyl halides is 3. The Balaban J connectivity index is 1.70. The van der Waals surface area contributed by atoms with Crippen LogP contribution in [0, 0.1) is 5.82 Å². The van der Waals surface area contributed by atoms with E-state index in [1.165, 1.54) is 13.2 Å². The highest BCUT2D eigenvalue weighted by atomic mass is 19.4. The van der Waals surface area contributed by atoms with E-state index >= 15 is 0 Å². The van der Waals surface area contributed by atoms with Gasteiger partial charge in [-0.3, -0.25) is 4.79 Å². The van der Waals surface area contributed by atoms with E-state index in [4.69, 9.17) is 9.47 Å². The quantitative estimate of drug-likeness (QED) is 0.540. The molecule has 1 saturated heterocycles. The number of carbonyl (C=O) groups excluding carboxylic acids is 1. The van der Waals surface area contributed by atoms with Crippen LogP contribution in [-0.2, 0) is 17.3 Å². The maximum atomic E-state index is 14.1. The van der Waals surface area contributed by atoms with Crippen molar-refractivity contribution in [3.05, 3.63) is 64.0 Å². The van der Waals surface area contributed by atoms with Crippen LogP contribution >= 0.6 is 0 Å². The predicted octanol–water partition coefficient (Wildman–Crippen LogP) is 4.51. The van der Waals surface area contributed by atoms with Crippen molar-refractivity contribution in [3.63, 3.8) is 0 Å². The Morgan fingerprint density at radius 3 is 2.53 bits per heavy atom. The summed E-state index contributed by atoms with van der Waals surface area (Å²) in [6, 6.07) is 5.67. The van der Waals surface area contributed by atoms with Crippen molar-refractivity contribution in [2.24, 2.45) is 0 Å². The van der Waals surface area contributed by atoms with Crippen LogP contribution in [0.2, 0.25) is 0 Å². The summed E-state index contributed by atoms with van der Waals surface area (Å²) in [5.74, 6) is -0.616. The minimum atomic E-state index is -4.59. The summed E-state index contributed by atoms with van der Waals surface area (Å²) in [5, 5.41) is 0. The van der Waals surface area contributed by atoms with Gasteiger partial charge in [-0.15, -0.1) is 0 Å². The normalized spacial score (nSPS) is 18.1. The van der Waals surface area contributed by atoms with E-state index in [0.29, 0.717) is 43.7 Å². The van der Waals surface area contributed by atoms with Gasteiger partial charge in [0.2, 0.25) is 0 Å². The highest BCUT2D eigenvalue weighted by molar-refractivity contribution is 6.16. The summed E-state index contributed by atoms with van der Waals surface area (Å²) in [4.78, 5) is 14.9. The van der Waals surface area contributed by atoms with Crippen molar-refractivity contribution in [3.8, 4) is 5.75 Å². The number of anilines is 1. The number of hydrogen-bond donors (Lipinski definition) is 0. The highest BCUT2D eigenvalue weighted by Gasteiger charge is 2.32. The van der Waals surface area contributed by atoms with E-state index in [1.807, 2.05) is 6.07 Å². The molecule has 0 amide bonds. The molecule has 0 saturated carbocycles. The van der Waals surface area contributed by atoms with Crippen LogP contribution in [0.15, 0.2) is 35.9 Å². The lowest BCUT2D eigenvalue weighted by Gasteiger charge is -2.30. The van der Waals surface area contributed by atoms with Crippen molar-refractivity contribution in [1.82, 2.24) is 0 Å². The molecule has 0 atom stereocenters. The Hall–Kier alpha value is -2.87. The van der Waals surface area contributed by atoms with Gasteiger partial charge >= 0.3 is 6.18 Å². The van der Waals surface area contributed by atoms with Gasteiger partial charge in [-0.2, -0.15) is 13.2 Å². The van der Waals surface area contributed by atoms with Crippen molar-refractivity contribution in [2.45, 2.75) is 12.6 Å². The standard InChI is InChI=1S/C22H19F4NO3/c1-29-20-12-17-13(11-19(20)27-4-6-30-7-5-27)8-15(21(17)28)9-14-10-16(22(24,25)26)2-3-18(14)23/h2-3,9-12H,4-8H2,1H3. The zero-order chi connectivity index (χ0) is 21.5. The van der Waals surface area contributed by atoms with E-state index < -0.39 is 17.6 Å². The predicted molar refractivity (Wildman–Crippen MR) is 103 cm³/mol. The summed E-state index contributed by atoms with van der Waals surface area (Å²) < 4.78 is 63.9. The molecule has 30 heavy (non-hydrogen) atoms. The molecule has 0 radical (unpaired) electrons. The molecular weight excluding hydrogens is 402 g/mol. The molecule has 4 rings (SSSR count). The van der Waals surface area contributed by atoms with E-state index in [-0.39, 0.29) is 23.3 Å². The summed E-state index contributed by atoms with van der Waals surface area (Å²) in [6.07, 6.45) is -3.18. The molecule has 1 aliphatic carbocycles. The molecule has 2 aromatic carbocycles. The number of fused-ring (bicyclic) bond motifs is 1. The molecule has 2 aromatic rings. The Labute approximate surface area is 170 Å². The van der Waals surface area contributed by atoms with Gasteiger partial charge in [0.15, 0.2) is 5.78 Å². The first kappa shape index (κ1) is 20.4. The zero-order valence-electron chi connectivity index (χ0n) is 16.2. The van der Waals surface area contributed by atoms with Gasteiger partial charge in [-0.25, -0.2) is 4.39 Å². The molecule has 0 aromatic heterocycles. The Morgan fingerprint density at radius 1 is 1.13 bits per heavy atom. The Morgan fingerprint density at radius 2 is 1.87 bits per heavy atom. The van der Waals surface area contributed by atoms with Gasteiger partial charge in [0.05, 0.1) is 31.6 Å². The number of benzene rings is 2. The van der Waals surface area contributed by atoms with E-state index in [0.717, 1.165) is 23.4 Å². The monoisotopic (exact) mass is 421 g/mol. The van der Waals surface area contributed by atoms with Crippen molar-refractivity contribution < 1.29 is 31.8 Å². The number of carbonyl (C=O) groups is 1. The maximum Gasteiger partial charge on any atom is 0.416 e. The van der Waals surface area contributed by atoms with Crippen molar-refractivity contribution in [1.29, 1.82) is 0 Å². The second-order valence-corrected chi connectivity index (χ2v) is 7.19. The smallest absolute Gasteiger partial charge is 0.416 e. The van der Waals surface area contributed by atoms with Crippen LogP contribution in [0.25, 0.3) is 6.08 Å². The lowest BCUT2D eigenvalue weighted by molar-refractivity contribution is -0.137. The first-order valence-corrected chi connectivity index (χ1v) is 9.43. The molecule has 0 spiro atoms. The summed E-state index contributed by atoms with van der Waals surface area (Å²) in [5.41, 5.74) is 1.00. The van der Waals surface area contributed by atoms with Crippen LogP contribution in [0.1, 0.15) is 27.0 Å². The van der Waals surface area contributed by atoms with Crippen LogP contribution in [0.5, 0.6) is 5.75 Å². The second kappa shape index (κ2) is 7.75. The number of hydrogen-bond acceptors (Lipinski definition) is 4. The van der Waals surface area contributed by atoms with Crippen LogP contribution < -0.4 is 9.64 Å². The van der Waals surface area contributed by atoms with Crippen LogP contribution in [-0.4, -0.2) is 39.2 Å². The molecule has 158 valence electrons. The molecule has 8 heteroatoms. The summed E-state index contributed by atoms with van der Waals surface area (Å²) in [7, 11) is 1.51. The zero-order valence-corrected chi connectivity index (χ0v) is 16.2. The molecular formula is C22H19F4NO3. The molecule has 0 bridgehead atoms. The van der Waals surface area contributed by atoms with E-state index in [2.05, 4.69) is 4.90 Å². The average Bonchev–Trinajstić information content (AvgIpc) is 3.03. The number of methoxy groups -OCH3 is 1. The molecule has 1 fully saturated rings. The second-order valence-electron chi connectivity index (χ2n) is 7.19. The first-order chi connectivity index (χ1) is 14.3. The largest absolute Gasteiger partial charge is 0.495 e. The van der Waals surface area contributed by atoms with Crippen LogP contribution in [0.3, 0.4) is 0 Å². The average molecular weight is 421 g/mol. The van der Waals surface area contributed by atoms with Gasteiger partial charge in [0.25, 0.3) is 0 Å². The highest BCUT2D eigenvalue weighted by Crippen LogP contribution is 2.38. The topological polar surface area (TPSA) is 38.8 Å². The van der Waals surface area contributed by atoms with Crippen molar-refractivity contribution >= 4 is 17.5 Å². The van der Waals surface area contributed by atoms with Gasteiger partial charge in [0, 0.05) is 36.2 Å². The number of morpholine rings is 1. The molecule has 1 aliphatic heterocycles. The number of nitrogens with zero attached hydrogens (tertiary/aromatic N) is 1. The fourth-order valence-electron chi connectivity index (χ4n) is 3.78. The number of allylic oxidation sites excluding steroid dienone is 1. The molecule has 0 N–H and O–H groups in total. The fourth-order valence-corrected chi connectivity index (χ4v) is 3.78. The van der Waals surface area contributed by atoms with Gasteiger partial charge in [-0.05, 0) is 42.0 Å². The minimum absolute atomic E-state index is 0.213. The summed E-state index contributed by atoms with van der Waals surface area (Å²) >= 11 is 0. The number of ketones is 1. The third-order valence-corrected chi connectivity index (χ3v) is 5.33. The Bertz CT molecular complexity index is 1020. The third-order valence-electron chi connectivity index (χ3n) is 5.33. The lowest BCUT2D eigenvalue weighted by Crippen LogP contribution is -2.36. The van der Waals surface area contributed by atoms with Crippen molar-refractivity contribution in [2.75, 3.05) is 38.3 Å². The first-order valence-electron chi connectivity index (χ1n) is 9.43. The SMILES string of the molecule is COc1cc2c(cc1N1CCOCC1)CC(=Cc1cc(C(F)(F)F)ccc1F)C2=O. The molecule has 2 aliphatic rings.